The summed E-state index contributed by atoms with van der Waals surface area (Å²) in [5.41, 5.74) is 0. The van der Waals surface area contributed by atoms with Crippen LogP contribution in [0.15, 0.2) is 16.5 Å². The molecule has 1 aromatic heterocycles. The molecule has 0 aliphatic carbocycles. The minimum absolute atomic E-state index is 0.0762. The van der Waals surface area contributed by atoms with Crippen LogP contribution in [-0.2, 0) is 4.79 Å². The summed E-state index contributed by atoms with van der Waals surface area (Å²) in [6, 6.07) is 1.10. The molecule has 0 saturated carbocycles. The molecule has 0 aliphatic heterocycles. The van der Waals surface area contributed by atoms with E-state index in [-0.39, 0.29) is 18.1 Å². The minimum Gasteiger partial charge on any atom is -0.480 e. The highest BCUT2D eigenvalue weighted by Crippen LogP contribution is 2.16. The largest absolute Gasteiger partial charge is 0.480 e. The van der Waals surface area contributed by atoms with E-state index in [1.54, 1.807) is 0 Å². The highest BCUT2D eigenvalue weighted by molar-refractivity contribution is 5.94. The number of carbonyl (C=O) groups excluding carboxylic acids is 1. The maximum atomic E-state index is 11.7. The number of carboxylic acid groups (broad SMARTS) is 1. The highest BCUT2D eigenvalue weighted by atomic mass is 16.6. The molecule has 0 aliphatic rings. The van der Waals surface area contributed by atoms with E-state index in [4.69, 9.17) is 5.11 Å². The van der Waals surface area contributed by atoms with Crippen LogP contribution in [-0.4, -0.2) is 27.9 Å². The van der Waals surface area contributed by atoms with Gasteiger partial charge in [0.25, 0.3) is 5.91 Å². The molecule has 1 aromatic rings. The number of carboxylic acids is 1. The Balaban J connectivity index is 2.75. The van der Waals surface area contributed by atoms with Gasteiger partial charge in [0.2, 0.25) is 0 Å². The molecule has 1 heterocycles. The zero-order valence-corrected chi connectivity index (χ0v) is 10.5. The maximum Gasteiger partial charge on any atom is 0.433 e. The number of rotatable bonds is 6. The van der Waals surface area contributed by atoms with Gasteiger partial charge in [-0.05, 0) is 18.4 Å². The molecule has 0 bridgehead atoms. The lowest BCUT2D eigenvalue weighted by Crippen LogP contribution is -2.41. The van der Waals surface area contributed by atoms with E-state index in [1.807, 2.05) is 13.8 Å². The lowest BCUT2D eigenvalue weighted by Gasteiger charge is -2.15. The standard InChI is InChI=1S/C11H14N2O6/c1-6(2)5-7(11(15)16)12-10(14)8-3-4-9(19-8)13(17)18/h3-4,6-7H,5H2,1-2H3,(H,12,14)(H,15,16). The Morgan fingerprint density at radius 3 is 2.53 bits per heavy atom. The fourth-order valence-corrected chi connectivity index (χ4v) is 1.47. The van der Waals surface area contributed by atoms with Gasteiger partial charge in [-0.1, -0.05) is 13.8 Å². The van der Waals surface area contributed by atoms with Crippen molar-refractivity contribution in [3.63, 3.8) is 0 Å². The van der Waals surface area contributed by atoms with Crippen molar-refractivity contribution in [2.75, 3.05) is 0 Å². The summed E-state index contributed by atoms with van der Waals surface area (Å²) in [7, 11) is 0. The van der Waals surface area contributed by atoms with Crippen molar-refractivity contribution in [3.8, 4) is 0 Å². The molecule has 0 radical (unpaired) electrons. The maximum absolute atomic E-state index is 11.7. The second-order valence-electron chi connectivity index (χ2n) is 4.39. The molecule has 104 valence electrons. The first-order valence-corrected chi connectivity index (χ1v) is 5.59. The average molecular weight is 270 g/mol. The van der Waals surface area contributed by atoms with E-state index in [0.29, 0.717) is 0 Å². The van der Waals surface area contributed by atoms with Gasteiger partial charge >= 0.3 is 11.9 Å². The normalized spacial score (nSPS) is 12.2. The molecule has 1 amide bonds. The number of nitrogens with one attached hydrogen (secondary N) is 1. The van der Waals surface area contributed by atoms with Gasteiger partial charge in [-0.2, -0.15) is 0 Å². The third-order valence-electron chi connectivity index (χ3n) is 2.31. The third kappa shape index (κ3) is 4.09. The number of nitrogens with zero attached hydrogens (tertiary/aromatic N) is 1. The second-order valence-corrected chi connectivity index (χ2v) is 4.39. The third-order valence-corrected chi connectivity index (χ3v) is 2.31. The lowest BCUT2D eigenvalue weighted by molar-refractivity contribution is -0.402. The van der Waals surface area contributed by atoms with E-state index in [2.05, 4.69) is 9.73 Å². The van der Waals surface area contributed by atoms with Gasteiger partial charge < -0.3 is 14.8 Å². The summed E-state index contributed by atoms with van der Waals surface area (Å²) < 4.78 is 4.69. The number of furan rings is 1. The first-order valence-electron chi connectivity index (χ1n) is 5.59. The molecule has 0 saturated heterocycles. The molecule has 0 spiro atoms. The first kappa shape index (κ1) is 14.7. The van der Waals surface area contributed by atoms with Gasteiger partial charge in [-0.25, -0.2) is 4.79 Å². The molecule has 2 N–H and O–H groups in total. The molecule has 8 nitrogen and oxygen atoms in total. The van der Waals surface area contributed by atoms with Crippen LogP contribution in [0.3, 0.4) is 0 Å². The SMILES string of the molecule is CC(C)CC(NC(=O)c1ccc([N+](=O)[O-])o1)C(=O)O. The van der Waals surface area contributed by atoms with Crippen LogP contribution in [0, 0.1) is 16.0 Å². The van der Waals surface area contributed by atoms with Crippen molar-refractivity contribution >= 4 is 17.8 Å². The summed E-state index contributed by atoms with van der Waals surface area (Å²) in [5, 5.41) is 21.6. The van der Waals surface area contributed by atoms with Gasteiger partial charge in [0, 0.05) is 0 Å². The summed E-state index contributed by atoms with van der Waals surface area (Å²) in [5.74, 6) is -2.74. The summed E-state index contributed by atoms with van der Waals surface area (Å²) in [6.07, 6.45) is 0.254. The summed E-state index contributed by atoms with van der Waals surface area (Å²) >= 11 is 0. The second kappa shape index (κ2) is 5.98. The van der Waals surface area contributed by atoms with Crippen molar-refractivity contribution in [2.24, 2.45) is 5.92 Å². The van der Waals surface area contributed by atoms with E-state index >= 15 is 0 Å². The predicted molar refractivity (Wildman–Crippen MR) is 63.7 cm³/mol. The van der Waals surface area contributed by atoms with Crippen LogP contribution >= 0.6 is 0 Å². The molecular weight excluding hydrogens is 256 g/mol. The Hall–Kier alpha value is -2.38. The van der Waals surface area contributed by atoms with Gasteiger partial charge in [-0.15, -0.1) is 0 Å². The highest BCUT2D eigenvalue weighted by Gasteiger charge is 2.24. The van der Waals surface area contributed by atoms with E-state index in [0.717, 1.165) is 12.1 Å². The fraction of sp³-hybridized carbons (Fsp3) is 0.455. The van der Waals surface area contributed by atoms with E-state index in [9.17, 15) is 19.7 Å². The monoisotopic (exact) mass is 270 g/mol. The van der Waals surface area contributed by atoms with Gasteiger partial charge in [0.15, 0.2) is 5.76 Å². The Bertz CT molecular complexity index is 493. The Morgan fingerprint density at radius 1 is 1.47 bits per heavy atom. The van der Waals surface area contributed by atoms with Gasteiger partial charge in [0.05, 0.1) is 6.07 Å². The molecule has 8 heteroatoms. The van der Waals surface area contributed by atoms with Crippen LogP contribution < -0.4 is 5.32 Å². The predicted octanol–water partition coefficient (Wildman–Crippen LogP) is 1.42. The number of aliphatic carboxylic acids is 1. The van der Waals surface area contributed by atoms with E-state index in [1.165, 1.54) is 0 Å². The van der Waals surface area contributed by atoms with Crippen molar-refractivity contribution < 1.29 is 24.0 Å². The van der Waals surface area contributed by atoms with Crippen molar-refractivity contribution in [2.45, 2.75) is 26.3 Å². The van der Waals surface area contributed by atoms with Crippen LogP contribution in [0.5, 0.6) is 0 Å². The molecule has 1 rings (SSSR count). The van der Waals surface area contributed by atoms with Gasteiger partial charge in [0.1, 0.15) is 11.0 Å². The van der Waals surface area contributed by atoms with Crippen LogP contribution in [0.25, 0.3) is 0 Å². The average Bonchev–Trinajstić information content (AvgIpc) is 2.76. The first-order chi connectivity index (χ1) is 8.81. The number of hydrogen-bond donors (Lipinski definition) is 2. The van der Waals surface area contributed by atoms with Crippen LogP contribution in [0.1, 0.15) is 30.8 Å². The van der Waals surface area contributed by atoms with E-state index < -0.39 is 28.7 Å². The van der Waals surface area contributed by atoms with Crippen LogP contribution in [0.2, 0.25) is 0 Å². The molecule has 1 unspecified atom stereocenters. The molecule has 0 fully saturated rings. The molecular formula is C11H14N2O6. The Morgan fingerprint density at radius 2 is 2.11 bits per heavy atom. The number of amides is 1. The molecule has 0 aromatic carbocycles. The number of hydrogen-bond acceptors (Lipinski definition) is 5. The lowest BCUT2D eigenvalue weighted by atomic mass is 10.0. The van der Waals surface area contributed by atoms with Crippen molar-refractivity contribution in [3.05, 3.63) is 28.0 Å². The number of carbonyl (C=O) groups is 2. The zero-order chi connectivity index (χ0) is 14.6. The fourth-order valence-electron chi connectivity index (χ4n) is 1.47. The molecule has 19 heavy (non-hydrogen) atoms. The summed E-state index contributed by atoms with van der Waals surface area (Å²) in [6.45, 7) is 3.64. The Kier molecular flexibility index (Phi) is 4.62. The smallest absolute Gasteiger partial charge is 0.433 e. The molecule has 1 atom stereocenters. The quantitative estimate of drug-likeness (QED) is 0.595. The topological polar surface area (TPSA) is 123 Å². The van der Waals surface area contributed by atoms with Crippen molar-refractivity contribution in [1.29, 1.82) is 0 Å². The van der Waals surface area contributed by atoms with Gasteiger partial charge in [-0.3, -0.25) is 14.9 Å². The van der Waals surface area contributed by atoms with Crippen LogP contribution in [0.4, 0.5) is 5.88 Å². The van der Waals surface area contributed by atoms with Crippen molar-refractivity contribution in [1.82, 2.24) is 5.32 Å². The minimum atomic E-state index is -1.16. The summed E-state index contributed by atoms with van der Waals surface area (Å²) in [4.78, 5) is 32.3. The number of nitro groups is 1. The zero-order valence-electron chi connectivity index (χ0n) is 10.5. The Labute approximate surface area is 108 Å².